The van der Waals surface area contributed by atoms with Gasteiger partial charge in [0.1, 0.15) is 0 Å². The Labute approximate surface area is 297 Å². The standard InChI is InChI=1S/C42H55N3O5/c1-28-38(39(33-12-6-7-14-36(33)45-28)44-27-29-10-4-3-5-11-29)40(48)43-23-25-49-31-18-21-41(2)30(26-31)16-17-32-34(41)19-22-42(20-8-13-35(32)42)50-24-9-15-37(46)47/h3-7,10-12,14,30-32,34-35H,8-9,13,15-27H2,1-2H3,(H,43,48)(H,44,45)(H,46,47). The summed E-state index contributed by atoms with van der Waals surface area (Å²) in [7, 11) is 0. The molecule has 4 saturated carbocycles. The molecular weight excluding hydrogens is 626 g/mol. The van der Waals surface area contributed by atoms with E-state index in [1.165, 1.54) is 38.5 Å². The molecule has 7 unspecified atom stereocenters. The Balaban J connectivity index is 0.930. The van der Waals surface area contributed by atoms with Crippen molar-refractivity contribution >= 4 is 28.5 Å². The van der Waals surface area contributed by atoms with Crippen LogP contribution in [-0.4, -0.2) is 53.4 Å². The van der Waals surface area contributed by atoms with Crippen molar-refractivity contribution < 1.29 is 24.2 Å². The molecule has 3 N–H and O–H groups in total. The van der Waals surface area contributed by atoms with E-state index in [0.29, 0.717) is 61.2 Å². The number of nitrogens with zero attached hydrogens (tertiary/aromatic N) is 1. The predicted molar refractivity (Wildman–Crippen MR) is 196 cm³/mol. The number of para-hydroxylation sites is 1. The highest BCUT2D eigenvalue weighted by Crippen LogP contribution is 2.64. The lowest BCUT2D eigenvalue weighted by Gasteiger charge is -2.60. The smallest absolute Gasteiger partial charge is 0.303 e. The SMILES string of the molecule is Cc1nc2ccccc2c(NCc2ccccc2)c1C(=O)NCCOC1CCC2(C)C(CCC3C4CCCC4(OCCCC(=O)O)CCC32)C1. The van der Waals surface area contributed by atoms with Crippen LogP contribution in [0.15, 0.2) is 54.6 Å². The van der Waals surface area contributed by atoms with Crippen molar-refractivity contribution in [1.82, 2.24) is 10.3 Å². The van der Waals surface area contributed by atoms with Crippen molar-refractivity contribution in [2.24, 2.45) is 29.1 Å². The number of aryl methyl sites for hydroxylation is 1. The van der Waals surface area contributed by atoms with Crippen LogP contribution in [0.2, 0.25) is 0 Å². The number of ether oxygens (including phenoxy) is 2. The number of carboxylic acid groups (broad SMARTS) is 1. The van der Waals surface area contributed by atoms with Crippen molar-refractivity contribution in [3.05, 3.63) is 71.4 Å². The average Bonchev–Trinajstić information content (AvgIpc) is 3.55. The largest absolute Gasteiger partial charge is 0.481 e. The Kier molecular flexibility index (Phi) is 10.5. The zero-order valence-electron chi connectivity index (χ0n) is 29.9. The topological polar surface area (TPSA) is 110 Å². The van der Waals surface area contributed by atoms with Gasteiger partial charge >= 0.3 is 5.97 Å². The lowest BCUT2D eigenvalue weighted by Crippen LogP contribution is -2.56. The third-order valence-corrected chi connectivity index (χ3v) is 13.2. The second-order valence-corrected chi connectivity index (χ2v) is 15.8. The summed E-state index contributed by atoms with van der Waals surface area (Å²) in [6.45, 7) is 6.64. The molecule has 8 nitrogen and oxygen atoms in total. The third-order valence-electron chi connectivity index (χ3n) is 13.2. The molecule has 7 rings (SSSR count). The first-order chi connectivity index (χ1) is 24.3. The lowest BCUT2D eigenvalue weighted by atomic mass is 9.46. The van der Waals surface area contributed by atoms with E-state index in [1.54, 1.807) is 0 Å². The van der Waals surface area contributed by atoms with Gasteiger partial charge < -0.3 is 25.2 Å². The number of hydrogen-bond acceptors (Lipinski definition) is 6. The van der Waals surface area contributed by atoms with Crippen LogP contribution in [0.4, 0.5) is 5.69 Å². The van der Waals surface area contributed by atoms with Crippen LogP contribution >= 0.6 is 0 Å². The molecule has 4 fully saturated rings. The maximum atomic E-state index is 13.7. The van der Waals surface area contributed by atoms with Gasteiger partial charge in [0.05, 0.1) is 40.8 Å². The molecule has 4 aliphatic carbocycles. The Hall–Kier alpha value is -3.49. The van der Waals surface area contributed by atoms with E-state index in [2.05, 4.69) is 29.7 Å². The van der Waals surface area contributed by atoms with Crippen molar-refractivity contribution in [2.75, 3.05) is 25.1 Å². The van der Waals surface area contributed by atoms with Gasteiger partial charge in [0.2, 0.25) is 0 Å². The van der Waals surface area contributed by atoms with Gasteiger partial charge in [-0.3, -0.25) is 14.6 Å². The second kappa shape index (κ2) is 15.0. The van der Waals surface area contributed by atoms with Gasteiger partial charge in [-0.25, -0.2) is 0 Å². The van der Waals surface area contributed by atoms with E-state index in [9.17, 15) is 9.59 Å². The summed E-state index contributed by atoms with van der Waals surface area (Å²) in [5.74, 6) is 1.90. The van der Waals surface area contributed by atoms with Crippen molar-refractivity contribution in [1.29, 1.82) is 0 Å². The molecule has 2 aromatic carbocycles. The van der Waals surface area contributed by atoms with Crippen LogP contribution in [0.5, 0.6) is 0 Å². The number of carbonyl (C=O) groups excluding carboxylic acids is 1. The first-order valence-corrected chi connectivity index (χ1v) is 19.2. The fourth-order valence-corrected chi connectivity index (χ4v) is 10.8. The minimum Gasteiger partial charge on any atom is -0.481 e. The molecule has 1 heterocycles. The molecule has 3 aromatic rings. The molecule has 0 saturated heterocycles. The molecule has 0 bridgehead atoms. The van der Waals surface area contributed by atoms with Crippen LogP contribution in [0.25, 0.3) is 10.9 Å². The Morgan fingerprint density at radius 1 is 0.940 bits per heavy atom. The van der Waals surface area contributed by atoms with Gasteiger partial charge in [-0.05, 0) is 112 Å². The van der Waals surface area contributed by atoms with E-state index in [1.807, 2.05) is 49.4 Å². The van der Waals surface area contributed by atoms with Gasteiger partial charge in [-0.1, -0.05) is 61.9 Å². The van der Waals surface area contributed by atoms with Crippen LogP contribution in [0, 0.1) is 36.0 Å². The summed E-state index contributed by atoms with van der Waals surface area (Å²) in [6.07, 6.45) is 13.0. The highest BCUT2D eigenvalue weighted by Gasteiger charge is 2.59. The number of nitrogens with one attached hydrogen (secondary N) is 2. The number of fused-ring (bicyclic) bond motifs is 6. The highest BCUT2D eigenvalue weighted by molar-refractivity contribution is 6.08. The van der Waals surface area contributed by atoms with Crippen molar-refractivity contribution in [2.45, 2.75) is 109 Å². The number of amides is 1. The second-order valence-electron chi connectivity index (χ2n) is 15.8. The zero-order valence-corrected chi connectivity index (χ0v) is 29.9. The first kappa shape index (κ1) is 34.9. The lowest BCUT2D eigenvalue weighted by molar-refractivity contribution is -0.175. The summed E-state index contributed by atoms with van der Waals surface area (Å²) in [5, 5.41) is 16.7. The molecule has 1 amide bonds. The summed E-state index contributed by atoms with van der Waals surface area (Å²) >= 11 is 0. The quantitative estimate of drug-likeness (QED) is 0.156. The number of pyridine rings is 1. The number of rotatable bonds is 13. The highest BCUT2D eigenvalue weighted by atomic mass is 16.5. The molecule has 268 valence electrons. The minimum atomic E-state index is -0.733. The molecule has 0 aliphatic heterocycles. The average molecular weight is 682 g/mol. The summed E-state index contributed by atoms with van der Waals surface area (Å²) in [5.41, 5.74) is 4.47. The number of carboxylic acids is 1. The molecule has 50 heavy (non-hydrogen) atoms. The van der Waals surface area contributed by atoms with Crippen LogP contribution in [0.1, 0.15) is 106 Å². The number of benzene rings is 2. The molecular formula is C42H55N3O5. The van der Waals surface area contributed by atoms with E-state index in [4.69, 9.17) is 19.6 Å². The fourth-order valence-electron chi connectivity index (χ4n) is 10.8. The molecule has 8 heteroatoms. The number of aliphatic carboxylic acids is 1. The van der Waals surface area contributed by atoms with Crippen LogP contribution in [0.3, 0.4) is 0 Å². The van der Waals surface area contributed by atoms with Gasteiger partial charge in [-0.15, -0.1) is 0 Å². The number of anilines is 1. The van der Waals surface area contributed by atoms with Gasteiger partial charge in [-0.2, -0.15) is 0 Å². The normalized spacial score (nSPS) is 30.2. The molecule has 4 aliphatic rings. The van der Waals surface area contributed by atoms with Gasteiger partial charge in [0, 0.05) is 31.5 Å². The van der Waals surface area contributed by atoms with E-state index in [-0.39, 0.29) is 24.0 Å². The van der Waals surface area contributed by atoms with Gasteiger partial charge in [0.15, 0.2) is 0 Å². The predicted octanol–water partition coefficient (Wildman–Crippen LogP) is 8.32. The monoisotopic (exact) mass is 681 g/mol. The third kappa shape index (κ3) is 7.03. The van der Waals surface area contributed by atoms with Crippen LogP contribution in [-0.2, 0) is 20.8 Å². The molecule has 1 aromatic heterocycles. The van der Waals surface area contributed by atoms with E-state index in [0.717, 1.165) is 59.7 Å². The van der Waals surface area contributed by atoms with E-state index >= 15 is 0 Å². The summed E-state index contributed by atoms with van der Waals surface area (Å²) < 4.78 is 13.1. The summed E-state index contributed by atoms with van der Waals surface area (Å²) in [6, 6.07) is 18.2. The Morgan fingerprint density at radius 3 is 2.60 bits per heavy atom. The Bertz CT molecular complexity index is 1660. The van der Waals surface area contributed by atoms with Crippen molar-refractivity contribution in [3.63, 3.8) is 0 Å². The fraction of sp³-hybridized carbons (Fsp3) is 0.595. The molecule has 7 atom stereocenters. The molecule has 0 spiro atoms. The maximum absolute atomic E-state index is 13.7. The Morgan fingerprint density at radius 2 is 1.76 bits per heavy atom. The van der Waals surface area contributed by atoms with Crippen LogP contribution < -0.4 is 10.6 Å². The number of carbonyl (C=O) groups is 2. The number of aromatic nitrogens is 1. The van der Waals surface area contributed by atoms with Gasteiger partial charge in [0.25, 0.3) is 5.91 Å². The maximum Gasteiger partial charge on any atom is 0.303 e. The van der Waals surface area contributed by atoms with Crippen molar-refractivity contribution in [3.8, 4) is 0 Å². The van der Waals surface area contributed by atoms with E-state index < -0.39 is 5.97 Å². The molecule has 0 radical (unpaired) electrons. The summed E-state index contributed by atoms with van der Waals surface area (Å²) in [4.78, 5) is 29.5. The first-order valence-electron chi connectivity index (χ1n) is 19.2. The minimum absolute atomic E-state index is 0.0201. The zero-order chi connectivity index (χ0) is 34.7. The number of hydrogen-bond donors (Lipinski definition) is 3.